The zero-order chi connectivity index (χ0) is 26.2. The lowest BCUT2D eigenvalue weighted by Crippen LogP contribution is -2.34. The number of pyridine rings is 1. The lowest BCUT2D eigenvalue weighted by atomic mass is 10.2. The number of halogens is 2. The zero-order valence-corrected chi connectivity index (χ0v) is 20.0. The fraction of sp³-hybridized carbons (Fsp3) is 0.0870. The van der Waals surface area contributed by atoms with Crippen molar-refractivity contribution in [2.75, 3.05) is 12.5 Å². The molecule has 36 heavy (non-hydrogen) atoms. The van der Waals surface area contributed by atoms with Gasteiger partial charge in [0.05, 0.1) is 35.6 Å². The number of methoxy groups -OCH3 is 1. The first-order valence-electron chi connectivity index (χ1n) is 9.98. The highest BCUT2D eigenvalue weighted by Crippen LogP contribution is 2.38. The third kappa shape index (κ3) is 6.75. The Balaban J connectivity index is 1.78. The fourth-order valence-corrected chi connectivity index (χ4v) is 3.43. The molecule has 0 aliphatic rings. The van der Waals surface area contributed by atoms with E-state index in [1.54, 1.807) is 19.2 Å². The van der Waals surface area contributed by atoms with E-state index in [1.807, 2.05) is 12.1 Å². The molecular weight excluding hydrogens is 513 g/mol. The third-order valence-electron chi connectivity index (χ3n) is 4.52. The number of anilines is 1. The number of carbonyl (C=O) groups is 2. The molecule has 184 valence electrons. The average molecular weight is 530 g/mol. The zero-order valence-electron chi connectivity index (χ0n) is 18.5. The number of rotatable bonds is 8. The number of imide groups is 1. The second-order valence-electron chi connectivity index (χ2n) is 6.99. The minimum absolute atomic E-state index is 0.0570. The van der Waals surface area contributed by atoms with Crippen LogP contribution in [-0.4, -0.2) is 34.5 Å². The van der Waals surface area contributed by atoms with Crippen LogP contribution in [0.3, 0.4) is 0 Å². The van der Waals surface area contributed by atoms with Gasteiger partial charge in [0.2, 0.25) is 5.71 Å². The number of hydrogen-bond donors (Lipinski definition) is 3. The molecule has 11 nitrogen and oxygen atoms in total. The average Bonchev–Trinajstić information content (AvgIpc) is 2.83. The van der Waals surface area contributed by atoms with Crippen molar-refractivity contribution >= 4 is 46.6 Å². The Morgan fingerprint density at radius 1 is 1.11 bits per heavy atom. The van der Waals surface area contributed by atoms with Crippen molar-refractivity contribution in [2.24, 2.45) is 5.10 Å². The van der Waals surface area contributed by atoms with Gasteiger partial charge < -0.3 is 19.1 Å². The number of carboxylic acid groups (broad SMARTS) is 1. The number of benzene rings is 2. The molecule has 3 rings (SSSR count). The molecule has 0 bridgehead atoms. The molecule has 2 aromatic carbocycles. The highest BCUT2D eigenvalue weighted by Gasteiger charge is 2.15. The fourth-order valence-electron chi connectivity index (χ4n) is 2.86. The van der Waals surface area contributed by atoms with E-state index in [4.69, 9.17) is 43.0 Å². The van der Waals surface area contributed by atoms with E-state index in [0.717, 1.165) is 5.56 Å². The van der Waals surface area contributed by atoms with E-state index in [1.165, 1.54) is 46.4 Å². The normalized spacial score (nSPS) is 10.8. The molecule has 0 aliphatic heterocycles. The van der Waals surface area contributed by atoms with E-state index in [9.17, 15) is 14.4 Å². The second kappa shape index (κ2) is 11.7. The summed E-state index contributed by atoms with van der Waals surface area (Å²) in [6.07, 6.45) is -0.124. The van der Waals surface area contributed by atoms with Gasteiger partial charge in [-0.2, -0.15) is 10.4 Å². The van der Waals surface area contributed by atoms with E-state index in [-0.39, 0.29) is 27.0 Å². The molecule has 13 heteroatoms. The maximum Gasteiger partial charge on any atom is 0.411 e. The first-order valence-corrected chi connectivity index (χ1v) is 10.7. The van der Waals surface area contributed by atoms with Crippen LogP contribution < -0.4 is 25.8 Å². The molecule has 1 heterocycles. The first kappa shape index (κ1) is 26.1. The Labute approximate surface area is 214 Å². The summed E-state index contributed by atoms with van der Waals surface area (Å²) in [7, 11) is 1.57. The number of carbonyl (C=O) groups excluding carboxylic acids is 1. The minimum atomic E-state index is -1.63. The van der Waals surface area contributed by atoms with Crippen LogP contribution in [0.15, 0.2) is 64.6 Å². The highest BCUT2D eigenvalue weighted by molar-refractivity contribution is 6.46. The van der Waals surface area contributed by atoms with Gasteiger partial charge in [-0.15, -0.1) is 0 Å². The summed E-state index contributed by atoms with van der Waals surface area (Å²) in [5, 5.41) is 22.7. The van der Waals surface area contributed by atoms with Crippen molar-refractivity contribution < 1.29 is 24.2 Å². The smallest absolute Gasteiger partial charge is 0.411 e. The topological polar surface area (TPSA) is 155 Å². The number of hydrazone groups is 1. The highest BCUT2D eigenvalue weighted by atomic mass is 35.5. The first-order chi connectivity index (χ1) is 17.2. The van der Waals surface area contributed by atoms with E-state index in [2.05, 4.69) is 10.5 Å². The number of nitriles is 1. The van der Waals surface area contributed by atoms with Crippen LogP contribution in [0, 0.1) is 11.3 Å². The minimum Gasteiger partial charge on any atom is -0.497 e. The molecule has 0 saturated heterocycles. The number of nitrogens with one attached hydrogen (secondary N) is 2. The molecule has 1 aromatic heterocycles. The molecule has 3 N–H and O–H groups in total. The predicted octanol–water partition coefficient (Wildman–Crippen LogP) is 4.09. The number of amides is 2. The standard InChI is InChI=1S/C23H17Cl2N5O6/c1-35-15-4-2-13(3-5-15)11-30-12-16(6-7-20(30)31)36-21-17(24)8-14(9-18(21)25)28-29-19(10-26)22(32)27-23(33)34/h2-9,12,28H,11H2,1H3,(H,27,32)(H,33,34). The Morgan fingerprint density at radius 2 is 1.75 bits per heavy atom. The van der Waals surface area contributed by atoms with Crippen molar-refractivity contribution in [1.29, 1.82) is 5.26 Å². The lowest BCUT2D eigenvalue weighted by Gasteiger charge is -2.13. The molecule has 0 saturated carbocycles. The van der Waals surface area contributed by atoms with Gasteiger partial charge in [-0.05, 0) is 35.9 Å². The van der Waals surface area contributed by atoms with Crippen LogP contribution in [0.1, 0.15) is 5.56 Å². The largest absolute Gasteiger partial charge is 0.497 e. The summed E-state index contributed by atoms with van der Waals surface area (Å²) < 4.78 is 12.4. The van der Waals surface area contributed by atoms with Crippen LogP contribution in [0.4, 0.5) is 10.5 Å². The summed E-state index contributed by atoms with van der Waals surface area (Å²) in [5.74, 6) is -0.128. The Hall–Kier alpha value is -4.53. The van der Waals surface area contributed by atoms with Gasteiger partial charge in [0, 0.05) is 6.07 Å². The van der Waals surface area contributed by atoms with Crippen molar-refractivity contribution in [3.05, 3.63) is 80.7 Å². The summed E-state index contributed by atoms with van der Waals surface area (Å²) in [4.78, 5) is 34.5. The number of aromatic nitrogens is 1. The summed E-state index contributed by atoms with van der Waals surface area (Å²) in [6.45, 7) is 0.291. The van der Waals surface area contributed by atoms with Gasteiger partial charge in [0.1, 0.15) is 17.6 Å². The monoisotopic (exact) mass is 529 g/mol. The molecule has 0 aliphatic carbocycles. The van der Waals surface area contributed by atoms with E-state index in [0.29, 0.717) is 18.0 Å². The van der Waals surface area contributed by atoms with Crippen molar-refractivity contribution in [3.8, 4) is 23.3 Å². The van der Waals surface area contributed by atoms with E-state index >= 15 is 0 Å². The maximum atomic E-state index is 12.3. The SMILES string of the molecule is COc1ccc(Cn2cc(Oc3c(Cl)cc(NN=C(C#N)C(=O)NC(=O)O)cc3Cl)ccc2=O)cc1. The molecular formula is C23H17Cl2N5O6. The Morgan fingerprint density at radius 3 is 2.33 bits per heavy atom. The Bertz CT molecular complexity index is 1410. The van der Waals surface area contributed by atoms with Gasteiger partial charge in [-0.25, -0.2) is 4.79 Å². The van der Waals surface area contributed by atoms with Gasteiger partial charge in [0.25, 0.3) is 11.5 Å². The molecule has 0 unspecified atom stereocenters. The molecule has 0 atom stereocenters. The number of hydrogen-bond acceptors (Lipinski definition) is 8. The van der Waals surface area contributed by atoms with Crippen LogP contribution in [0.25, 0.3) is 0 Å². The van der Waals surface area contributed by atoms with Gasteiger partial charge in [-0.1, -0.05) is 35.3 Å². The predicted molar refractivity (Wildman–Crippen MR) is 132 cm³/mol. The van der Waals surface area contributed by atoms with Crippen LogP contribution in [-0.2, 0) is 11.3 Å². The van der Waals surface area contributed by atoms with Crippen molar-refractivity contribution in [1.82, 2.24) is 9.88 Å². The van der Waals surface area contributed by atoms with Gasteiger partial charge in [0.15, 0.2) is 5.75 Å². The van der Waals surface area contributed by atoms with E-state index < -0.39 is 17.7 Å². The molecule has 2 amide bonds. The summed E-state index contributed by atoms with van der Waals surface area (Å²) >= 11 is 12.6. The van der Waals surface area contributed by atoms with Crippen LogP contribution >= 0.6 is 23.2 Å². The van der Waals surface area contributed by atoms with Crippen LogP contribution in [0.2, 0.25) is 10.0 Å². The molecule has 0 spiro atoms. The lowest BCUT2D eigenvalue weighted by molar-refractivity contribution is -0.114. The summed E-state index contributed by atoms with van der Waals surface area (Å²) in [6, 6.07) is 14.3. The quantitative estimate of drug-likeness (QED) is 0.291. The molecule has 0 radical (unpaired) electrons. The van der Waals surface area contributed by atoms with Gasteiger partial charge in [-0.3, -0.25) is 20.3 Å². The number of ether oxygens (including phenoxy) is 2. The number of nitrogens with zero attached hydrogens (tertiary/aromatic N) is 3. The van der Waals surface area contributed by atoms with Crippen molar-refractivity contribution in [2.45, 2.75) is 6.54 Å². The maximum absolute atomic E-state index is 12.3. The Kier molecular flexibility index (Phi) is 8.51. The van der Waals surface area contributed by atoms with Crippen molar-refractivity contribution in [3.63, 3.8) is 0 Å². The summed E-state index contributed by atoms with van der Waals surface area (Å²) in [5.41, 5.74) is 2.50. The second-order valence-corrected chi connectivity index (χ2v) is 7.81. The third-order valence-corrected chi connectivity index (χ3v) is 5.09. The van der Waals surface area contributed by atoms with Crippen LogP contribution in [0.5, 0.6) is 17.2 Å². The van der Waals surface area contributed by atoms with Gasteiger partial charge >= 0.3 is 6.09 Å². The molecule has 3 aromatic rings. The molecule has 0 fully saturated rings.